The molecule has 4 heteroatoms. The van der Waals surface area contributed by atoms with E-state index >= 15 is 0 Å². The van der Waals surface area contributed by atoms with E-state index in [0.29, 0.717) is 5.95 Å². The molecule has 1 aliphatic carbocycles. The molecular weight excluding hydrogens is 230 g/mol. The normalized spacial score (nSPS) is 13.8. The van der Waals surface area contributed by atoms with Crippen molar-refractivity contribution in [3.8, 4) is 0 Å². The zero-order valence-electron chi connectivity index (χ0n) is 9.55. The molecule has 0 saturated heterocycles. The molecule has 0 fully saturated rings. The smallest absolute Gasteiger partial charge is 0.205 e. The van der Waals surface area contributed by atoms with Crippen LogP contribution in [0.1, 0.15) is 6.92 Å². The third-order valence-corrected chi connectivity index (χ3v) is 3.63. The summed E-state index contributed by atoms with van der Waals surface area (Å²) >= 11 is 1.83. The number of benzene rings is 1. The molecule has 0 amide bonds. The fraction of sp³-hybridized carbons (Fsp3) is 0.154. The Kier molecular flexibility index (Phi) is 2.44. The van der Waals surface area contributed by atoms with Crippen molar-refractivity contribution in [2.45, 2.75) is 11.8 Å². The summed E-state index contributed by atoms with van der Waals surface area (Å²) in [5.41, 5.74) is 9.09. The van der Waals surface area contributed by atoms with E-state index in [2.05, 4.69) is 24.0 Å². The van der Waals surface area contributed by atoms with E-state index in [4.69, 9.17) is 5.73 Å². The summed E-state index contributed by atoms with van der Waals surface area (Å²) in [6, 6.07) is 6.28. The summed E-state index contributed by atoms with van der Waals surface area (Å²) in [4.78, 5) is 5.63. The average molecular weight is 243 g/mol. The molecule has 0 saturated carbocycles. The Morgan fingerprint density at radius 2 is 2.24 bits per heavy atom. The van der Waals surface area contributed by atoms with Gasteiger partial charge in [0.05, 0.1) is 11.0 Å². The van der Waals surface area contributed by atoms with Crippen LogP contribution < -0.4 is 5.73 Å². The highest BCUT2D eigenvalue weighted by molar-refractivity contribution is 7.99. The first-order valence-corrected chi connectivity index (χ1v) is 6.57. The predicted octanol–water partition coefficient (Wildman–Crippen LogP) is 3.14. The van der Waals surface area contributed by atoms with Crippen LogP contribution in [0.5, 0.6) is 0 Å². The van der Waals surface area contributed by atoms with Gasteiger partial charge in [-0.1, -0.05) is 13.0 Å². The van der Waals surface area contributed by atoms with Crippen LogP contribution in [0.3, 0.4) is 0 Å². The van der Waals surface area contributed by atoms with Crippen molar-refractivity contribution in [2.24, 2.45) is 0 Å². The maximum absolute atomic E-state index is 5.96. The first-order valence-electron chi connectivity index (χ1n) is 5.59. The van der Waals surface area contributed by atoms with Gasteiger partial charge in [-0.25, -0.2) is 4.98 Å². The minimum Gasteiger partial charge on any atom is -0.369 e. The van der Waals surface area contributed by atoms with E-state index < -0.39 is 0 Å². The van der Waals surface area contributed by atoms with Crippen molar-refractivity contribution in [1.29, 1.82) is 0 Å². The molecule has 0 bridgehead atoms. The number of nitrogens with zero attached hydrogens (tertiary/aromatic N) is 2. The largest absolute Gasteiger partial charge is 0.369 e. The molecular formula is C13H13N3S. The van der Waals surface area contributed by atoms with E-state index in [0.717, 1.165) is 22.5 Å². The molecule has 0 unspecified atom stereocenters. The number of imidazole rings is 1. The van der Waals surface area contributed by atoms with Gasteiger partial charge in [0.2, 0.25) is 5.95 Å². The summed E-state index contributed by atoms with van der Waals surface area (Å²) in [6.07, 6.45) is 6.08. The Labute approximate surface area is 104 Å². The van der Waals surface area contributed by atoms with Gasteiger partial charge in [0.15, 0.2) is 0 Å². The van der Waals surface area contributed by atoms with E-state index in [9.17, 15) is 0 Å². The zero-order valence-corrected chi connectivity index (χ0v) is 10.4. The summed E-state index contributed by atoms with van der Waals surface area (Å²) in [7, 11) is 0. The standard InChI is InChI=1S/C13H13N3S/c1-2-17-10-6-7-11-12(8-10)16(13(14)15-11)9-4-3-5-9/h3-8H,2H2,1H3,(H2,14,15). The summed E-state index contributed by atoms with van der Waals surface area (Å²) in [5, 5.41) is 0. The first kappa shape index (κ1) is 10.5. The molecule has 3 nitrogen and oxygen atoms in total. The number of anilines is 1. The van der Waals surface area contributed by atoms with Gasteiger partial charge in [0.25, 0.3) is 0 Å². The Hall–Kier alpha value is -1.68. The van der Waals surface area contributed by atoms with Gasteiger partial charge in [-0.2, -0.15) is 0 Å². The topological polar surface area (TPSA) is 43.8 Å². The van der Waals surface area contributed by atoms with Gasteiger partial charge in [0.1, 0.15) is 0 Å². The minimum atomic E-state index is 0.550. The maximum Gasteiger partial charge on any atom is 0.205 e. The fourth-order valence-corrected chi connectivity index (χ4v) is 2.63. The first-order chi connectivity index (χ1) is 8.29. The Balaban J connectivity index is 2.18. The predicted molar refractivity (Wildman–Crippen MR) is 74.0 cm³/mol. The van der Waals surface area contributed by atoms with Crippen LogP contribution in [0.15, 0.2) is 41.3 Å². The lowest BCUT2D eigenvalue weighted by molar-refractivity contribution is 1.14. The van der Waals surface area contributed by atoms with Gasteiger partial charge < -0.3 is 5.73 Å². The molecule has 1 aliphatic rings. The lowest BCUT2D eigenvalue weighted by atomic mass is 10.2. The van der Waals surface area contributed by atoms with Gasteiger partial charge in [0, 0.05) is 10.6 Å². The summed E-state index contributed by atoms with van der Waals surface area (Å²) in [6.45, 7) is 2.15. The number of hydrogen-bond acceptors (Lipinski definition) is 3. The third-order valence-electron chi connectivity index (χ3n) is 2.76. The van der Waals surface area contributed by atoms with Gasteiger partial charge in [-0.3, -0.25) is 4.57 Å². The molecule has 0 aliphatic heterocycles. The van der Waals surface area contributed by atoms with Crippen LogP contribution in [0, 0.1) is 0 Å². The molecule has 17 heavy (non-hydrogen) atoms. The number of hydrogen-bond donors (Lipinski definition) is 1. The molecule has 1 aromatic heterocycles. The Morgan fingerprint density at radius 3 is 2.88 bits per heavy atom. The van der Waals surface area contributed by atoms with E-state index in [-0.39, 0.29) is 0 Å². The second kappa shape index (κ2) is 3.96. The number of fused-ring (bicyclic) bond motifs is 1. The van der Waals surface area contributed by atoms with Crippen LogP contribution in [0.4, 0.5) is 5.95 Å². The summed E-state index contributed by atoms with van der Waals surface area (Å²) in [5.74, 6) is 1.62. The molecule has 0 radical (unpaired) electrons. The molecule has 2 aromatic rings. The van der Waals surface area contributed by atoms with E-state index in [1.807, 2.05) is 40.6 Å². The van der Waals surface area contributed by atoms with Crippen molar-refractivity contribution in [3.05, 3.63) is 36.4 Å². The van der Waals surface area contributed by atoms with Crippen LogP contribution in [0.2, 0.25) is 0 Å². The van der Waals surface area contributed by atoms with Crippen molar-refractivity contribution in [3.63, 3.8) is 0 Å². The van der Waals surface area contributed by atoms with E-state index in [1.54, 1.807) is 0 Å². The number of rotatable bonds is 3. The van der Waals surface area contributed by atoms with E-state index in [1.165, 1.54) is 4.90 Å². The molecule has 86 valence electrons. The van der Waals surface area contributed by atoms with Crippen molar-refractivity contribution in [2.75, 3.05) is 11.5 Å². The van der Waals surface area contributed by atoms with Gasteiger partial charge in [-0.15, -0.1) is 11.8 Å². The van der Waals surface area contributed by atoms with Crippen molar-refractivity contribution >= 4 is 34.4 Å². The molecule has 1 aromatic carbocycles. The molecule has 3 rings (SSSR count). The number of aromatic nitrogens is 2. The zero-order chi connectivity index (χ0) is 11.8. The number of allylic oxidation sites excluding steroid dienone is 4. The average Bonchev–Trinajstić information content (AvgIpc) is 2.54. The quantitative estimate of drug-likeness (QED) is 0.842. The van der Waals surface area contributed by atoms with Gasteiger partial charge in [-0.05, 0) is 36.1 Å². The highest BCUT2D eigenvalue weighted by Gasteiger charge is 2.12. The maximum atomic E-state index is 5.96. The SMILES string of the molecule is CCSc1ccc2nc(N)n(C3=CC=C3)c2c1. The number of thioether (sulfide) groups is 1. The van der Waals surface area contributed by atoms with Crippen LogP contribution in [-0.4, -0.2) is 15.3 Å². The van der Waals surface area contributed by atoms with Crippen molar-refractivity contribution in [1.82, 2.24) is 9.55 Å². The minimum absolute atomic E-state index is 0.550. The highest BCUT2D eigenvalue weighted by atomic mass is 32.2. The molecule has 0 spiro atoms. The molecule has 2 N–H and O–H groups in total. The third kappa shape index (κ3) is 1.65. The summed E-state index contributed by atoms with van der Waals surface area (Å²) < 4.78 is 2.00. The van der Waals surface area contributed by atoms with Crippen LogP contribution in [-0.2, 0) is 0 Å². The lowest BCUT2D eigenvalue weighted by Crippen LogP contribution is -2.03. The second-order valence-corrected chi connectivity index (χ2v) is 5.18. The van der Waals surface area contributed by atoms with Crippen LogP contribution >= 0.6 is 11.8 Å². The number of nitrogen functional groups attached to an aromatic ring is 1. The van der Waals surface area contributed by atoms with Crippen molar-refractivity contribution < 1.29 is 0 Å². The fourth-order valence-electron chi connectivity index (χ4n) is 1.93. The Morgan fingerprint density at radius 1 is 1.41 bits per heavy atom. The molecule has 1 heterocycles. The lowest BCUT2D eigenvalue weighted by Gasteiger charge is -2.11. The monoisotopic (exact) mass is 243 g/mol. The Bertz CT molecular complexity index is 637. The van der Waals surface area contributed by atoms with Gasteiger partial charge >= 0.3 is 0 Å². The molecule has 0 atom stereocenters. The van der Waals surface area contributed by atoms with Crippen LogP contribution in [0.25, 0.3) is 16.7 Å². The second-order valence-electron chi connectivity index (χ2n) is 3.84. The number of nitrogens with two attached hydrogens (primary N) is 1. The highest BCUT2D eigenvalue weighted by Crippen LogP contribution is 2.29.